The predicted octanol–water partition coefficient (Wildman–Crippen LogP) is 2.37. The molecule has 4 nitrogen and oxygen atoms in total. The molecule has 17 heavy (non-hydrogen) atoms. The number of hydrogen-bond donors (Lipinski definition) is 1. The normalized spacial score (nSPS) is 10.9. The Hall–Kier alpha value is -2.07. The summed E-state index contributed by atoms with van der Waals surface area (Å²) in [5.41, 5.74) is 1.42. The molecule has 0 aliphatic rings. The molecule has 3 aromatic rings. The highest BCUT2D eigenvalue weighted by Gasteiger charge is 2.06. The van der Waals surface area contributed by atoms with Crippen LogP contribution >= 0.6 is 11.6 Å². The summed E-state index contributed by atoms with van der Waals surface area (Å²) in [7, 11) is 0. The molecule has 0 fully saturated rings. The van der Waals surface area contributed by atoms with Crippen molar-refractivity contribution in [1.82, 2.24) is 14.5 Å². The van der Waals surface area contributed by atoms with Gasteiger partial charge in [0.1, 0.15) is 0 Å². The van der Waals surface area contributed by atoms with Crippen LogP contribution in [0.5, 0.6) is 0 Å². The van der Waals surface area contributed by atoms with Crippen LogP contribution in [0.2, 0.25) is 5.02 Å². The van der Waals surface area contributed by atoms with E-state index in [0.717, 1.165) is 5.69 Å². The molecule has 2 aromatic heterocycles. The highest BCUT2D eigenvalue weighted by molar-refractivity contribution is 6.30. The smallest absolute Gasteiger partial charge is 0.260 e. The van der Waals surface area contributed by atoms with Gasteiger partial charge in [-0.1, -0.05) is 11.6 Å². The minimum Gasteiger partial charge on any atom is -0.313 e. The molecule has 5 heteroatoms. The number of H-pyrrole nitrogens is 1. The molecule has 0 atom stereocenters. The summed E-state index contributed by atoms with van der Waals surface area (Å²) in [6, 6.07) is 9.11. The second-order valence-electron chi connectivity index (χ2n) is 3.63. The molecule has 3 rings (SSSR count). The summed E-state index contributed by atoms with van der Waals surface area (Å²) in [6.45, 7) is 0. The van der Waals surface area contributed by atoms with Crippen molar-refractivity contribution in [2.24, 2.45) is 0 Å². The number of hydrogen-bond acceptors (Lipinski definition) is 2. The largest absolute Gasteiger partial charge is 0.313 e. The Labute approximate surface area is 101 Å². The Morgan fingerprint density at radius 2 is 1.94 bits per heavy atom. The molecular formula is C12H8ClN3O. The van der Waals surface area contributed by atoms with E-state index in [1.165, 1.54) is 6.33 Å². The third-order valence-electron chi connectivity index (χ3n) is 2.59. The van der Waals surface area contributed by atoms with Gasteiger partial charge in [-0.05, 0) is 30.3 Å². The number of aromatic nitrogens is 3. The Balaban J connectivity index is 2.28. The van der Waals surface area contributed by atoms with Crippen molar-refractivity contribution in [1.29, 1.82) is 0 Å². The zero-order valence-corrected chi connectivity index (χ0v) is 9.48. The highest BCUT2D eigenvalue weighted by Crippen LogP contribution is 2.17. The van der Waals surface area contributed by atoms with Gasteiger partial charge in [0.25, 0.3) is 5.56 Å². The average molecular weight is 246 g/mol. The van der Waals surface area contributed by atoms with Crippen LogP contribution in [0.4, 0.5) is 0 Å². The maximum atomic E-state index is 11.5. The van der Waals surface area contributed by atoms with Gasteiger partial charge in [-0.25, -0.2) is 4.98 Å². The summed E-state index contributed by atoms with van der Waals surface area (Å²) in [5.74, 6) is 0. The summed E-state index contributed by atoms with van der Waals surface area (Å²) in [5, 5.41) is 1.25. The van der Waals surface area contributed by atoms with Crippen LogP contribution in [0.3, 0.4) is 0 Å². The SMILES string of the molecule is O=c1[nH]cnc2c1ccn2-c1ccc(Cl)cc1. The zero-order chi connectivity index (χ0) is 11.8. The third kappa shape index (κ3) is 1.62. The number of rotatable bonds is 1. The standard InChI is InChI=1S/C12H8ClN3O/c13-8-1-3-9(4-2-8)16-6-5-10-11(16)14-7-15-12(10)17/h1-7H,(H,14,15,17). The van der Waals surface area contributed by atoms with Crippen molar-refractivity contribution in [3.8, 4) is 5.69 Å². The van der Waals surface area contributed by atoms with Crippen LogP contribution in [-0.4, -0.2) is 14.5 Å². The van der Waals surface area contributed by atoms with Crippen LogP contribution in [-0.2, 0) is 0 Å². The second kappa shape index (κ2) is 3.75. The third-order valence-corrected chi connectivity index (χ3v) is 2.84. The van der Waals surface area contributed by atoms with Crippen molar-refractivity contribution in [2.75, 3.05) is 0 Å². The first kappa shape index (κ1) is 10.1. The Bertz CT molecular complexity index is 727. The quantitative estimate of drug-likeness (QED) is 0.716. The number of nitrogens with one attached hydrogen (secondary N) is 1. The van der Waals surface area contributed by atoms with Crippen molar-refractivity contribution in [3.63, 3.8) is 0 Å². The molecule has 0 aliphatic heterocycles. The molecule has 0 radical (unpaired) electrons. The van der Waals surface area contributed by atoms with Gasteiger partial charge >= 0.3 is 0 Å². The van der Waals surface area contributed by atoms with E-state index in [2.05, 4.69) is 9.97 Å². The van der Waals surface area contributed by atoms with E-state index in [4.69, 9.17) is 11.6 Å². The van der Waals surface area contributed by atoms with Crippen LogP contribution in [0.1, 0.15) is 0 Å². The van der Waals surface area contributed by atoms with Crippen molar-refractivity contribution in [3.05, 3.63) is 58.2 Å². The lowest BCUT2D eigenvalue weighted by molar-refractivity contribution is 1.07. The maximum Gasteiger partial charge on any atom is 0.260 e. The molecule has 2 heterocycles. The summed E-state index contributed by atoms with van der Waals surface area (Å²) in [4.78, 5) is 18.3. The first-order valence-electron chi connectivity index (χ1n) is 5.06. The highest BCUT2D eigenvalue weighted by atomic mass is 35.5. The van der Waals surface area contributed by atoms with Crippen LogP contribution in [0, 0.1) is 0 Å². The van der Waals surface area contributed by atoms with Crippen LogP contribution in [0.25, 0.3) is 16.7 Å². The summed E-state index contributed by atoms with van der Waals surface area (Å²) < 4.78 is 1.85. The van der Waals surface area contributed by atoms with Crippen molar-refractivity contribution >= 4 is 22.6 Å². The summed E-state index contributed by atoms with van der Waals surface area (Å²) >= 11 is 5.84. The minimum atomic E-state index is -0.136. The van der Waals surface area contributed by atoms with Gasteiger partial charge in [0.2, 0.25) is 0 Å². The average Bonchev–Trinajstić information content (AvgIpc) is 2.75. The molecule has 0 saturated carbocycles. The van der Waals surface area contributed by atoms with Gasteiger partial charge in [-0.15, -0.1) is 0 Å². The molecule has 0 aliphatic carbocycles. The number of nitrogens with zero attached hydrogens (tertiary/aromatic N) is 2. The number of halogens is 1. The Morgan fingerprint density at radius 1 is 1.18 bits per heavy atom. The Kier molecular flexibility index (Phi) is 2.23. The fourth-order valence-electron chi connectivity index (χ4n) is 1.77. The van der Waals surface area contributed by atoms with Crippen LogP contribution in [0.15, 0.2) is 47.7 Å². The number of benzene rings is 1. The van der Waals surface area contributed by atoms with Gasteiger partial charge in [0.05, 0.1) is 11.7 Å². The molecule has 0 unspecified atom stereocenters. The lowest BCUT2D eigenvalue weighted by Crippen LogP contribution is -2.06. The maximum absolute atomic E-state index is 11.5. The van der Waals surface area contributed by atoms with Crippen molar-refractivity contribution in [2.45, 2.75) is 0 Å². The van der Waals surface area contributed by atoms with Gasteiger partial charge < -0.3 is 9.55 Å². The minimum absolute atomic E-state index is 0.136. The van der Waals surface area contributed by atoms with E-state index in [0.29, 0.717) is 16.1 Å². The molecule has 1 aromatic carbocycles. The molecular weight excluding hydrogens is 238 g/mol. The lowest BCUT2D eigenvalue weighted by atomic mass is 10.3. The van der Waals surface area contributed by atoms with Crippen LogP contribution < -0.4 is 5.56 Å². The molecule has 0 saturated heterocycles. The summed E-state index contributed by atoms with van der Waals surface area (Å²) in [6.07, 6.45) is 3.22. The van der Waals surface area contributed by atoms with E-state index in [-0.39, 0.29) is 5.56 Å². The first-order chi connectivity index (χ1) is 8.25. The predicted molar refractivity (Wildman–Crippen MR) is 66.7 cm³/mol. The molecule has 0 spiro atoms. The second-order valence-corrected chi connectivity index (χ2v) is 4.07. The van der Waals surface area contributed by atoms with E-state index in [1.807, 2.05) is 22.9 Å². The Morgan fingerprint density at radius 3 is 2.71 bits per heavy atom. The molecule has 0 amide bonds. The first-order valence-corrected chi connectivity index (χ1v) is 5.44. The topological polar surface area (TPSA) is 50.7 Å². The lowest BCUT2D eigenvalue weighted by Gasteiger charge is -2.03. The fourth-order valence-corrected chi connectivity index (χ4v) is 1.90. The van der Waals surface area contributed by atoms with Crippen molar-refractivity contribution < 1.29 is 0 Å². The molecule has 84 valence electrons. The van der Waals surface area contributed by atoms with Gasteiger partial charge in [-0.3, -0.25) is 4.79 Å². The molecule has 1 N–H and O–H groups in total. The monoisotopic (exact) mass is 245 g/mol. The van der Waals surface area contributed by atoms with Gasteiger partial charge in [-0.2, -0.15) is 0 Å². The number of fused-ring (bicyclic) bond motifs is 1. The fraction of sp³-hybridized carbons (Fsp3) is 0. The van der Waals surface area contributed by atoms with Gasteiger partial charge in [0.15, 0.2) is 5.65 Å². The number of aromatic amines is 1. The van der Waals surface area contributed by atoms with E-state index >= 15 is 0 Å². The van der Waals surface area contributed by atoms with Gasteiger partial charge in [0, 0.05) is 16.9 Å². The van der Waals surface area contributed by atoms with E-state index < -0.39 is 0 Å². The zero-order valence-electron chi connectivity index (χ0n) is 8.72. The van der Waals surface area contributed by atoms with E-state index in [1.54, 1.807) is 18.2 Å². The molecule has 0 bridgehead atoms. The van der Waals surface area contributed by atoms with E-state index in [9.17, 15) is 4.79 Å².